The Morgan fingerprint density at radius 2 is 1.85 bits per heavy atom. The van der Waals surface area contributed by atoms with Gasteiger partial charge in [-0.1, -0.05) is 0 Å². The van der Waals surface area contributed by atoms with Crippen LogP contribution in [0, 0.1) is 0 Å². The van der Waals surface area contributed by atoms with Crippen LogP contribution < -0.4 is 4.90 Å². The minimum atomic E-state index is -3.80. The number of nitrogens with zero attached hydrogens (tertiary/aromatic N) is 6. The highest BCUT2D eigenvalue weighted by Crippen LogP contribution is 2.47. The van der Waals surface area contributed by atoms with E-state index in [-0.39, 0.29) is 17.4 Å². The van der Waals surface area contributed by atoms with Crippen LogP contribution in [-0.4, -0.2) is 91.0 Å². The lowest BCUT2D eigenvalue weighted by atomic mass is 10.2. The highest BCUT2D eigenvalue weighted by molar-refractivity contribution is 7.89. The Bertz CT molecular complexity index is 1430. The van der Waals surface area contributed by atoms with Gasteiger partial charge in [-0.25, -0.2) is 22.7 Å². The number of H-pyrrole nitrogens is 1. The zero-order valence-electron chi connectivity index (χ0n) is 19.2. The number of aromatic nitrogens is 3. The summed E-state index contributed by atoms with van der Waals surface area (Å²) in [5.41, 5.74) is 0.264. The van der Waals surface area contributed by atoms with E-state index in [4.69, 9.17) is 4.42 Å². The van der Waals surface area contributed by atoms with Gasteiger partial charge in [-0.2, -0.15) is 17.0 Å². The van der Waals surface area contributed by atoms with Gasteiger partial charge >= 0.3 is 0 Å². The maximum absolute atomic E-state index is 13.5. The minimum absolute atomic E-state index is 0.0720. The van der Waals surface area contributed by atoms with E-state index in [1.165, 1.54) is 43.9 Å². The molecular weight excluding hydrogens is 482 g/mol. The first kappa shape index (κ1) is 23.2. The summed E-state index contributed by atoms with van der Waals surface area (Å²) in [7, 11) is -3.24. The molecule has 0 amide bonds. The maximum atomic E-state index is 13.5. The highest BCUT2D eigenvalue weighted by atomic mass is 32.2. The molecule has 4 heterocycles. The Labute approximate surface area is 198 Å². The molecule has 0 radical (unpaired) electrons. The van der Waals surface area contributed by atoms with Crippen molar-refractivity contribution in [3.8, 4) is 0 Å². The van der Waals surface area contributed by atoms with Crippen molar-refractivity contribution < 1.29 is 21.3 Å². The number of aromatic amines is 1. The summed E-state index contributed by atoms with van der Waals surface area (Å²) in [5, 5.41) is 0.694. The molecule has 0 bridgehead atoms. The Morgan fingerprint density at radius 3 is 2.56 bits per heavy atom. The lowest BCUT2D eigenvalue weighted by Crippen LogP contribution is -2.59. The van der Waals surface area contributed by atoms with Crippen molar-refractivity contribution in [3.05, 3.63) is 36.5 Å². The average Bonchev–Trinajstić information content (AvgIpc) is 3.18. The molecule has 34 heavy (non-hydrogen) atoms. The molecule has 14 heteroatoms. The second-order valence-electron chi connectivity index (χ2n) is 8.93. The number of hydrogen-bond acceptors (Lipinski definition) is 8. The first-order valence-corrected chi connectivity index (χ1v) is 13.7. The number of rotatable bonds is 7. The number of nitrogens with one attached hydrogen (secondary N) is 1. The number of anilines is 1. The van der Waals surface area contributed by atoms with Gasteiger partial charge in [-0.15, -0.1) is 0 Å². The van der Waals surface area contributed by atoms with Crippen LogP contribution >= 0.6 is 0 Å². The molecule has 1 saturated heterocycles. The van der Waals surface area contributed by atoms with Crippen molar-refractivity contribution in [2.45, 2.75) is 30.0 Å². The van der Waals surface area contributed by atoms with Gasteiger partial charge in [0.25, 0.3) is 20.2 Å². The van der Waals surface area contributed by atoms with Gasteiger partial charge in [0.15, 0.2) is 0 Å². The molecule has 12 nitrogen and oxygen atoms in total. The van der Waals surface area contributed by atoms with Gasteiger partial charge < -0.3 is 14.3 Å². The predicted octanol–water partition coefficient (Wildman–Crippen LogP) is 0.833. The van der Waals surface area contributed by atoms with E-state index in [0.29, 0.717) is 19.6 Å². The summed E-state index contributed by atoms with van der Waals surface area (Å²) < 4.78 is 60.8. The fraction of sp³-hybridized carbons (Fsp3) is 0.500. The molecule has 1 aliphatic carbocycles. The van der Waals surface area contributed by atoms with Crippen molar-refractivity contribution in [1.29, 1.82) is 0 Å². The Kier molecular flexibility index (Phi) is 5.48. The summed E-state index contributed by atoms with van der Waals surface area (Å²) >= 11 is 0. The molecule has 2 fully saturated rings. The van der Waals surface area contributed by atoms with Gasteiger partial charge in [-0.05, 0) is 31.0 Å². The topological polar surface area (TPSA) is 136 Å². The zero-order chi connectivity index (χ0) is 24.3. The minimum Gasteiger partial charge on any atom is -0.447 e. The van der Waals surface area contributed by atoms with Crippen LogP contribution in [0.4, 0.5) is 5.82 Å². The standard InChI is InChI=1S/C20H27N7O5S2/c1-24(2)33(28,29)17-5-4-15(32-17)12-25(3)34(30,31)27-11-10-26(13-20(27)7-8-20)19-16-6-9-21-18(16)22-14-23-19/h4-6,9,14H,7-8,10-13H2,1-3H3,(H,21,22,23). The van der Waals surface area contributed by atoms with Crippen LogP contribution in [0.2, 0.25) is 0 Å². The quantitative estimate of drug-likeness (QED) is 0.495. The molecule has 0 atom stereocenters. The summed E-state index contributed by atoms with van der Waals surface area (Å²) in [4.78, 5) is 13.9. The van der Waals surface area contributed by atoms with Gasteiger partial charge in [-0.3, -0.25) is 0 Å². The van der Waals surface area contributed by atoms with Crippen LogP contribution in [-0.2, 0) is 26.8 Å². The predicted molar refractivity (Wildman–Crippen MR) is 125 cm³/mol. The van der Waals surface area contributed by atoms with Crippen LogP contribution in [0.5, 0.6) is 0 Å². The lowest BCUT2D eigenvalue weighted by molar-refractivity contribution is 0.246. The lowest BCUT2D eigenvalue weighted by Gasteiger charge is -2.42. The molecule has 1 spiro atoms. The molecule has 184 valence electrons. The van der Waals surface area contributed by atoms with Crippen molar-refractivity contribution in [2.75, 3.05) is 45.7 Å². The monoisotopic (exact) mass is 509 g/mol. The molecule has 0 aromatic carbocycles. The number of hydrogen-bond donors (Lipinski definition) is 1. The smallest absolute Gasteiger partial charge is 0.282 e. The summed E-state index contributed by atoms with van der Waals surface area (Å²) in [6, 6.07) is 4.76. The molecule has 1 saturated carbocycles. The van der Waals surface area contributed by atoms with Crippen LogP contribution in [0.15, 0.2) is 40.2 Å². The first-order chi connectivity index (χ1) is 16.0. The third-order valence-corrected chi connectivity index (χ3v) is 10.2. The van der Waals surface area contributed by atoms with E-state index in [1.54, 1.807) is 4.31 Å². The second-order valence-corrected chi connectivity index (χ2v) is 13.0. The van der Waals surface area contributed by atoms with Gasteiger partial charge in [0.1, 0.15) is 23.6 Å². The molecular formula is C20H27N7O5S2. The normalized spacial score (nSPS) is 19.0. The highest BCUT2D eigenvalue weighted by Gasteiger charge is 2.56. The number of piperazine rings is 1. The van der Waals surface area contributed by atoms with E-state index >= 15 is 0 Å². The number of sulfonamides is 1. The van der Waals surface area contributed by atoms with Crippen molar-refractivity contribution in [1.82, 2.24) is 27.9 Å². The summed E-state index contributed by atoms with van der Waals surface area (Å²) in [5.74, 6) is 1.05. The van der Waals surface area contributed by atoms with Crippen molar-refractivity contribution >= 4 is 37.1 Å². The molecule has 1 aliphatic heterocycles. The largest absolute Gasteiger partial charge is 0.447 e. The van der Waals surface area contributed by atoms with E-state index in [0.717, 1.165) is 34.0 Å². The van der Waals surface area contributed by atoms with Crippen LogP contribution in [0.3, 0.4) is 0 Å². The Morgan fingerprint density at radius 1 is 1.09 bits per heavy atom. The fourth-order valence-electron chi connectivity index (χ4n) is 4.40. The van der Waals surface area contributed by atoms with E-state index in [9.17, 15) is 16.8 Å². The van der Waals surface area contributed by atoms with Crippen molar-refractivity contribution in [3.63, 3.8) is 0 Å². The van der Waals surface area contributed by atoms with Gasteiger partial charge in [0, 0.05) is 47.0 Å². The summed E-state index contributed by atoms with van der Waals surface area (Å²) in [6.45, 7) is 1.29. The Balaban J connectivity index is 1.33. The van der Waals surface area contributed by atoms with Crippen LogP contribution in [0.25, 0.3) is 11.0 Å². The molecule has 3 aromatic rings. The molecule has 1 N–H and O–H groups in total. The third-order valence-electron chi connectivity index (χ3n) is 6.47. The maximum Gasteiger partial charge on any atom is 0.282 e. The Hall–Kier alpha value is -2.52. The van der Waals surface area contributed by atoms with Gasteiger partial charge in [0.05, 0.1) is 17.5 Å². The van der Waals surface area contributed by atoms with Gasteiger partial charge in [0.2, 0.25) is 5.09 Å². The van der Waals surface area contributed by atoms with Crippen molar-refractivity contribution in [2.24, 2.45) is 0 Å². The van der Waals surface area contributed by atoms with Crippen LogP contribution in [0.1, 0.15) is 18.6 Å². The molecule has 5 rings (SSSR count). The van der Waals surface area contributed by atoms with E-state index in [2.05, 4.69) is 19.9 Å². The van der Waals surface area contributed by atoms with E-state index < -0.39 is 25.8 Å². The average molecular weight is 510 g/mol. The molecule has 2 aliphatic rings. The number of fused-ring (bicyclic) bond motifs is 1. The number of furan rings is 1. The van der Waals surface area contributed by atoms with E-state index in [1.807, 2.05) is 12.3 Å². The first-order valence-electron chi connectivity index (χ1n) is 10.8. The third kappa shape index (κ3) is 3.79. The summed E-state index contributed by atoms with van der Waals surface area (Å²) in [6.07, 6.45) is 4.86. The fourth-order valence-corrected chi connectivity index (χ4v) is 6.88. The molecule has 0 unspecified atom stereocenters. The molecule has 3 aromatic heterocycles. The second kappa shape index (κ2) is 8.02. The zero-order valence-corrected chi connectivity index (χ0v) is 20.8. The SMILES string of the molecule is CN(C)S(=O)(=O)c1ccc(CN(C)S(=O)(=O)N2CCN(c3ncnc4[nH]ccc34)CC23CC3)o1.